The van der Waals surface area contributed by atoms with Crippen LogP contribution in [-0.4, -0.2) is 81.3 Å². The van der Waals surface area contributed by atoms with E-state index in [9.17, 15) is 18.3 Å². The number of hydrogen-bond donors (Lipinski definition) is 1. The van der Waals surface area contributed by atoms with Gasteiger partial charge in [0.25, 0.3) is 14.3 Å². The van der Waals surface area contributed by atoms with Crippen LogP contribution in [0.1, 0.15) is 108 Å². The highest BCUT2D eigenvalue weighted by molar-refractivity contribution is 7.84. The molecule has 1 aliphatic heterocycles. The predicted octanol–water partition coefficient (Wildman–Crippen LogP) is 9.53. The maximum atomic E-state index is 13.3. The van der Waals surface area contributed by atoms with Crippen LogP contribution in [0.5, 0.6) is 0 Å². The number of aryl methyl sites for hydroxylation is 3. The van der Waals surface area contributed by atoms with Crippen LogP contribution in [0.2, 0.25) is 23.2 Å². The zero-order chi connectivity index (χ0) is 47.5. The average molecular weight is 941 g/mol. The largest absolute Gasteiger partial charge is 0.480 e. The highest BCUT2D eigenvalue weighted by Crippen LogP contribution is 2.41. The fraction of sp³-hybridized carbons (Fsp3) is 0.460. The van der Waals surface area contributed by atoms with Gasteiger partial charge < -0.3 is 22.9 Å². The molecule has 1 unspecified atom stereocenters. The molecule has 0 bridgehead atoms. The first-order valence-corrected chi connectivity index (χ1v) is 28.8. The summed E-state index contributed by atoms with van der Waals surface area (Å²) < 4.78 is 54.1. The minimum atomic E-state index is -4.23. The summed E-state index contributed by atoms with van der Waals surface area (Å²) in [6.07, 6.45) is 1.73. The molecule has 12 nitrogen and oxygen atoms in total. The van der Waals surface area contributed by atoms with Crippen LogP contribution >= 0.6 is 0 Å². The first-order valence-electron chi connectivity index (χ1n) is 22.6. The molecule has 0 saturated carbocycles. The summed E-state index contributed by atoms with van der Waals surface area (Å²) in [4.78, 5) is 13.3. The second-order valence-corrected chi connectivity index (χ2v) is 30.3. The molecule has 15 heteroatoms. The van der Waals surface area contributed by atoms with Crippen LogP contribution in [0.15, 0.2) is 103 Å². The Morgan fingerprint density at radius 2 is 1.52 bits per heavy atom. The Bertz CT molecular complexity index is 2550. The Morgan fingerprint density at radius 3 is 2.09 bits per heavy atom. The van der Waals surface area contributed by atoms with Crippen molar-refractivity contribution >= 4 is 54.3 Å². The lowest BCUT2D eigenvalue weighted by molar-refractivity contribution is -0.143. The molecular formula is C50H68N4O8SSi2. The number of fused-ring (bicyclic) bond motifs is 1. The van der Waals surface area contributed by atoms with Gasteiger partial charge in [0.1, 0.15) is 5.52 Å². The summed E-state index contributed by atoms with van der Waals surface area (Å²) in [5, 5.41) is 21.5. The number of rotatable bonds is 17. The van der Waals surface area contributed by atoms with E-state index in [-0.39, 0.29) is 41.7 Å². The zero-order valence-electron chi connectivity index (χ0n) is 40.2. The van der Waals surface area contributed by atoms with Crippen LogP contribution in [0, 0.1) is 13.8 Å². The minimum absolute atomic E-state index is 0.0151. The monoisotopic (exact) mass is 940 g/mol. The first-order chi connectivity index (χ1) is 30.5. The second kappa shape index (κ2) is 19.7. The summed E-state index contributed by atoms with van der Waals surface area (Å²) in [5.74, 6) is -1.43. The van der Waals surface area contributed by atoms with Gasteiger partial charge in [0.05, 0.1) is 37.3 Å². The lowest BCUT2D eigenvalue weighted by Gasteiger charge is -2.46. The van der Waals surface area contributed by atoms with E-state index in [0.717, 1.165) is 38.9 Å². The maximum absolute atomic E-state index is 13.3. The molecule has 5 aromatic rings. The fourth-order valence-corrected chi connectivity index (χ4v) is 15.6. The van der Waals surface area contributed by atoms with Crippen LogP contribution in [-0.2, 0) is 39.4 Å². The number of hydrogen-bond acceptors (Lipinski definition) is 10. The number of aromatic nitrogens is 3. The molecule has 0 amide bonds. The molecule has 1 N–H and O–H groups in total. The minimum Gasteiger partial charge on any atom is -0.480 e. The third kappa shape index (κ3) is 10.7. The number of benzene rings is 4. The molecular weight excluding hydrogens is 873 g/mol. The Kier molecular flexibility index (Phi) is 15.1. The van der Waals surface area contributed by atoms with E-state index in [4.69, 9.17) is 28.1 Å². The lowest BCUT2D eigenvalue weighted by atomic mass is 9.83. The number of nitrogens with zero attached hydrogens (tertiary/aromatic N) is 4. The average Bonchev–Trinajstić information content (AvgIpc) is 3.66. The number of aliphatic hydroxyl groups excluding tert-OH is 1. The molecule has 2 heterocycles. The van der Waals surface area contributed by atoms with E-state index in [0.29, 0.717) is 19.6 Å². The molecule has 1 aromatic heterocycles. The van der Waals surface area contributed by atoms with Gasteiger partial charge in [-0.05, 0) is 102 Å². The van der Waals surface area contributed by atoms with Crippen molar-refractivity contribution in [3.63, 3.8) is 0 Å². The van der Waals surface area contributed by atoms with E-state index in [1.807, 2.05) is 48.9 Å². The molecule has 0 spiro atoms. The van der Waals surface area contributed by atoms with Crippen LogP contribution < -0.4 is 10.4 Å². The third-order valence-electron chi connectivity index (χ3n) is 13.4. The molecule has 3 atom stereocenters. The van der Waals surface area contributed by atoms with Crippen LogP contribution in [0.25, 0.3) is 11.0 Å². The molecule has 0 radical (unpaired) electrons. The number of carbonyl (C=O) groups is 1. The van der Waals surface area contributed by atoms with E-state index < -0.39 is 44.8 Å². The normalized spacial score (nSPS) is 16.4. The van der Waals surface area contributed by atoms with Crippen molar-refractivity contribution in [2.75, 3.05) is 19.8 Å². The van der Waals surface area contributed by atoms with Gasteiger partial charge in [0, 0.05) is 25.1 Å². The summed E-state index contributed by atoms with van der Waals surface area (Å²) in [6.45, 7) is 26.9. The Labute approximate surface area is 388 Å². The molecule has 65 heavy (non-hydrogen) atoms. The molecule has 0 aliphatic carbocycles. The number of aliphatic hydroxyl groups is 1. The van der Waals surface area contributed by atoms with Crippen LogP contribution in [0.3, 0.4) is 0 Å². The molecule has 4 aromatic carbocycles. The zero-order valence-corrected chi connectivity index (χ0v) is 43.0. The SMILES string of the molecule is CCOC(=O)CC(c1ccc(C)c([C@@H](C)N2CC=C(O)OS2(=O)=O)c1)c1ccc2c(nnn2CC[C@@H](CO[Si](C)(C)C(C)(C)C)O[Si](c2ccccc2)(c2ccccc2)C(C)(C)C)c1C. The summed E-state index contributed by atoms with van der Waals surface area (Å²) in [6, 6.07) is 30.7. The van der Waals surface area contributed by atoms with E-state index in [2.05, 4.69) is 115 Å². The summed E-state index contributed by atoms with van der Waals surface area (Å²) in [7, 11) is -9.34. The van der Waals surface area contributed by atoms with Crippen molar-refractivity contribution < 1.29 is 36.1 Å². The van der Waals surface area contributed by atoms with Gasteiger partial charge in [0.2, 0.25) is 0 Å². The topological polar surface area (TPSA) is 142 Å². The highest BCUT2D eigenvalue weighted by atomic mass is 32.2. The first kappa shape index (κ1) is 49.8. The van der Waals surface area contributed by atoms with Crippen molar-refractivity contribution in [1.29, 1.82) is 0 Å². The van der Waals surface area contributed by atoms with Gasteiger partial charge in [-0.3, -0.25) is 4.79 Å². The van der Waals surface area contributed by atoms with Gasteiger partial charge in [-0.25, -0.2) is 4.68 Å². The van der Waals surface area contributed by atoms with Crippen LogP contribution in [0.4, 0.5) is 0 Å². The van der Waals surface area contributed by atoms with E-state index in [1.54, 1.807) is 13.8 Å². The summed E-state index contributed by atoms with van der Waals surface area (Å²) >= 11 is 0. The standard InChI is InChI=1S/C50H68N4O8SSi2/c1-13-59-47(56)33-44(38-25-24-35(2)43(32-38)37(4)54-31-29-46(55)61-63(54,57)58)42-26-27-45-48(36(42)3)51-52-53(45)30-28-39(34-60-64(11,12)49(5,6)7)62-65(50(8,9)10,40-20-16-14-17-21-40)41-22-18-15-19-23-41/h14-27,29,32,37,39,44,55H,13,28,30-31,33-34H2,1-12H3/t37-,39+,44?/m1/s1. The van der Waals surface area contributed by atoms with Crippen molar-refractivity contribution in [2.24, 2.45) is 0 Å². The van der Waals surface area contributed by atoms with Gasteiger partial charge in [-0.15, -0.1) is 5.10 Å². The molecule has 350 valence electrons. The lowest BCUT2D eigenvalue weighted by Crippen LogP contribution is -2.68. The van der Waals surface area contributed by atoms with Crippen molar-refractivity contribution in [3.8, 4) is 0 Å². The fourth-order valence-electron chi connectivity index (χ4n) is 8.70. The third-order valence-corrected chi connectivity index (χ3v) is 24.4. The second-order valence-electron chi connectivity index (χ2n) is 19.7. The Balaban J connectivity index is 1.37. The van der Waals surface area contributed by atoms with E-state index >= 15 is 0 Å². The van der Waals surface area contributed by atoms with Crippen molar-refractivity contribution in [1.82, 2.24) is 19.3 Å². The molecule has 0 saturated heterocycles. The maximum Gasteiger partial charge on any atom is 0.388 e. The molecule has 1 aliphatic rings. The number of ether oxygens (including phenoxy) is 1. The molecule has 6 rings (SSSR count). The smallest absolute Gasteiger partial charge is 0.388 e. The van der Waals surface area contributed by atoms with Crippen molar-refractivity contribution in [2.45, 2.75) is 130 Å². The predicted molar refractivity (Wildman–Crippen MR) is 263 cm³/mol. The van der Waals surface area contributed by atoms with Gasteiger partial charge in [0.15, 0.2) is 8.32 Å². The van der Waals surface area contributed by atoms with E-state index in [1.165, 1.54) is 20.8 Å². The van der Waals surface area contributed by atoms with Gasteiger partial charge in [-0.2, -0.15) is 12.7 Å². The quantitative estimate of drug-likeness (QED) is 0.0708. The Morgan fingerprint density at radius 1 is 0.892 bits per heavy atom. The highest BCUT2D eigenvalue weighted by Gasteiger charge is 2.52. The summed E-state index contributed by atoms with van der Waals surface area (Å²) in [5.41, 5.74) is 5.79. The number of esters is 1. The molecule has 0 fully saturated rings. The van der Waals surface area contributed by atoms with Crippen molar-refractivity contribution in [3.05, 3.63) is 131 Å². The van der Waals surface area contributed by atoms with Gasteiger partial charge in [-0.1, -0.05) is 132 Å². The number of carbonyl (C=O) groups excluding carboxylic acids is 1. The van der Waals surface area contributed by atoms with Gasteiger partial charge >= 0.3 is 16.3 Å². The Hall–Kier alpha value is -4.65.